The first-order valence-electron chi connectivity index (χ1n) is 4.99. The topological polar surface area (TPSA) is 66.8 Å². The van der Waals surface area contributed by atoms with Gasteiger partial charge in [0.05, 0.1) is 6.61 Å². The minimum Gasteiger partial charge on any atom is -0.494 e. The Morgan fingerprint density at radius 3 is 2.44 bits per heavy atom. The first kappa shape index (κ1) is 14.3. The van der Waals surface area contributed by atoms with Crippen LogP contribution in [0.3, 0.4) is 0 Å². The highest BCUT2D eigenvalue weighted by atomic mass is 19.4. The number of aliphatic hydroxyl groups is 1. The summed E-state index contributed by atoms with van der Waals surface area (Å²) in [6, 6.07) is 4.28. The van der Waals surface area contributed by atoms with Crippen molar-refractivity contribution in [3.8, 4) is 5.75 Å². The van der Waals surface area contributed by atoms with E-state index in [1.807, 2.05) is 0 Å². The van der Waals surface area contributed by atoms with Crippen molar-refractivity contribution in [1.29, 1.82) is 0 Å². The monoisotopic (exact) mass is 264 g/mol. The molecular weight excluding hydrogens is 253 g/mol. The van der Waals surface area contributed by atoms with Crippen LogP contribution in [-0.4, -0.2) is 29.0 Å². The van der Waals surface area contributed by atoms with Crippen LogP contribution in [0.4, 0.5) is 13.2 Å². The molecule has 0 unspecified atom stereocenters. The fourth-order valence-corrected chi connectivity index (χ4v) is 1.39. The Morgan fingerprint density at radius 1 is 1.39 bits per heavy atom. The molecule has 4 nitrogen and oxygen atoms in total. The molecule has 0 amide bonds. The van der Waals surface area contributed by atoms with E-state index in [0.717, 1.165) is 12.1 Å². The molecule has 0 aliphatic heterocycles. The number of halogens is 3. The van der Waals surface area contributed by atoms with Crippen LogP contribution in [0.25, 0.3) is 0 Å². The first-order chi connectivity index (χ1) is 8.23. The minimum atomic E-state index is -5.33. The molecule has 0 aliphatic carbocycles. The largest absolute Gasteiger partial charge is 0.494 e. The maximum Gasteiger partial charge on any atom is 0.432 e. The Morgan fingerprint density at radius 2 is 2.00 bits per heavy atom. The molecule has 1 atom stereocenters. The number of benzene rings is 1. The molecule has 0 fully saturated rings. The number of aliphatic carboxylic acids is 1. The van der Waals surface area contributed by atoms with Crippen molar-refractivity contribution in [2.75, 3.05) is 6.61 Å². The van der Waals surface area contributed by atoms with Gasteiger partial charge < -0.3 is 14.9 Å². The van der Waals surface area contributed by atoms with E-state index in [1.54, 1.807) is 6.92 Å². The van der Waals surface area contributed by atoms with Crippen molar-refractivity contribution < 1.29 is 32.9 Å². The summed E-state index contributed by atoms with van der Waals surface area (Å²) in [6.07, 6.45) is -5.33. The molecule has 0 spiro atoms. The SMILES string of the molecule is CCOc1cccc([C@@](O)(C(=O)O)C(F)(F)F)c1. The second-order valence-corrected chi connectivity index (χ2v) is 3.47. The molecule has 0 aromatic heterocycles. The zero-order valence-corrected chi connectivity index (χ0v) is 9.36. The summed E-state index contributed by atoms with van der Waals surface area (Å²) in [7, 11) is 0. The Labute approximate surface area is 101 Å². The highest BCUT2D eigenvalue weighted by molar-refractivity contribution is 5.80. The van der Waals surface area contributed by atoms with Crippen molar-refractivity contribution in [2.24, 2.45) is 0 Å². The van der Waals surface area contributed by atoms with Crippen molar-refractivity contribution in [2.45, 2.75) is 18.7 Å². The molecule has 1 aromatic carbocycles. The predicted molar refractivity (Wildman–Crippen MR) is 55.2 cm³/mol. The molecule has 100 valence electrons. The average molecular weight is 264 g/mol. The number of hydrogen-bond acceptors (Lipinski definition) is 3. The lowest BCUT2D eigenvalue weighted by molar-refractivity contribution is -0.265. The Bertz CT molecular complexity index is 444. The number of carboxylic acid groups (broad SMARTS) is 1. The van der Waals surface area contributed by atoms with Gasteiger partial charge in [-0.05, 0) is 19.1 Å². The van der Waals surface area contributed by atoms with E-state index in [1.165, 1.54) is 12.1 Å². The van der Waals surface area contributed by atoms with Crippen molar-refractivity contribution in [1.82, 2.24) is 0 Å². The Kier molecular flexibility index (Phi) is 3.85. The van der Waals surface area contributed by atoms with Crippen LogP contribution >= 0.6 is 0 Å². The molecule has 1 rings (SSSR count). The highest BCUT2D eigenvalue weighted by Crippen LogP contribution is 2.40. The fraction of sp³-hybridized carbons (Fsp3) is 0.364. The van der Waals surface area contributed by atoms with Crippen LogP contribution in [0, 0.1) is 0 Å². The second-order valence-electron chi connectivity index (χ2n) is 3.47. The van der Waals surface area contributed by atoms with Gasteiger partial charge in [-0.15, -0.1) is 0 Å². The van der Waals surface area contributed by atoms with Crippen molar-refractivity contribution in [3.63, 3.8) is 0 Å². The van der Waals surface area contributed by atoms with Gasteiger partial charge in [-0.25, -0.2) is 4.79 Å². The van der Waals surface area contributed by atoms with Crippen molar-refractivity contribution >= 4 is 5.97 Å². The molecule has 0 radical (unpaired) electrons. The Balaban J connectivity index is 3.31. The number of ether oxygens (including phenoxy) is 1. The smallest absolute Gasteiger partial charge is 0.432 e. The van der Waals surface area contributed by atoms with Gasteiger partial charge >= 0.3 is 12.1 Å². The van der Waals surface area contributed by atoms with E-state index in [9.17, 15) is 23.1 Å². The average Bonchev–Trinajstić information content (AvgIpc) is 2.27. The zero-order valence-electron chi connectivity index (χ0n) is 9.36. The quantitative estimate of drug-likeness (QED) is 0.871. The van der Waals surface area contributed by atoms with Crippen molar-refractivity contribution in [3.05, 3.63) is 29.8 Å². The highest BCUT2D eigenvalue weighted by Gasteiger charge is 2.61. The lowest BCUT2D eigenvalue weighted by atomic mass is 9.93. The van der Waals surface area contributed by atoms with Crippen LogP contribution in [0.5, 0.6) is 5.75 Å². The summed E-state index contributed by atoms with van der Waals surface area (Å²) in [5, 5.41) is 18.0. The standard InChI is InChI=1S/C11H11F3O4/c1-2-18-8-5-3-4-7(6-8)10(17,9(15)16)11(12,13)14/h3-6,17H,2H2,1H3,(H,15,16)/t10-/m1/s1. The third-order valence-corrected chi connectivity index (χ3v) is 2.28. The normalized spacial score (nSPS) is 14.9. The van der Waals surface area contributed by atoms with E-state index >= 15 is 0 Å². The van der Waals surface area contributed by atoms with Gasteiger partial charge in [0, 0.05) is 5.56 Å². The van der Waals surface area contributed by atoms with E-state index in [0.29, 0.717) is 0 Å². The van der Waals surface area contributed by atoms with Gasteiger partial charge in [0.1, 0.15) is 5.75 Å². The maximum atomic E-state index is 12.7. The number of rotatable bonds is 4. The third-order valence-electron chi connectivity index (χ3n) is 2.28. The summed E-state index contributed by atoms with van der Waals surface area (Å²) < 4.78 is 43.0. The molecule has 0 aliphatic rings. The van der Waals surface area contributed by atoms with E-state index < -0.39 is 23.3 Å². The van der Waals surface area contributed by atoms with E-state index in [2.05, 4.69) is 0 Å². The lowest BCUT2D eigenvalue weighted by Gasteiger charge is -2.26. The maximum absolute atomic E-state index is 12.7. The predicted octanol–water partition coefficient (Wildman–Crippen LogP) is 1.92. The molecular formula is C11H11F3O4. The Hall–Kier alpha value is -1.76. The summed E-state index contributed by atoms with van der Waals surface area (Å²) in [6.45, 7) is 1.83. The molecule has 2 N–H and O–H groups in total. The summed E-state index contributed by atoms with van der Waals surface area (Å²) in [5.74, 6) is -2.33. The molecule has 18 heavy (non-hydrogen) atoms. The number of hydrogen-bond donors (Lipinski definition) is 2. The van der Waals surface area contributed by atoms with Gasteiger partial charge in [0.15, 0.2) is 0 Å². The fourth-order valence-electron chi connectivity index (χ4n) is 1.39. The van der Waals surface area contributed by atoms with E-state index in [-0.39, 0.29) is 12.4 Å². The van der Waals surface area contributed by atoms with Crippen LogP contribution in [0.2, 0.25) is 0 Å². The molecule has 1 aromatic rings. The third kappa shape index (κ3) is 2.40. The zero-order chi connectivity index (χ0) is 14.0. The number of carboxylic acids is 1. The van der Waals surface area contributed by atoms with Gasteiger partial charge in [-0.1, -0.05) is 12.1 Å². The van der Waals surface area contributed by atoms with Gasteiger partial charge in [-0.2, -0.15) is 13.2 Å². The lowest BCUT2D eigenvalue weighted by Crippen LogP contribution is -2.49. The molecule has 7 heteroatoms. The number of carbonyl (C=O) groups is 1. The summed E-state index contributed by atoms with van der Waals surface area (Å²) >= 11 is 0. The van der Waals surface area contributed by atoms with Crippen LogP contribution in [-0.2, 0) is 10.4 Å². The molecule has 0 bridgehead atoms. The second kappa shape index (κ2) is 4.85. The summed E-state index contributed by atoms with van der Waals surface area (Å²) in [5.41, 5.74) is -4.74. The minimum absolute atomic E-state index is 0.0546. The van der Waals surface area contributed by atoms with Gasteiger partial charge in [0.2, 0.25) is 0 Å². The van der Waals surface area contributed by atoms with E-state index in [4.69, 9.17) is 9.84 Å². The summed E-state index contributed by atoms with van der Waals surface area (Å²) in [4.78, 5) is 10.7. The van der Waals surface area contributed by atoms with Crippen LogP contribution in [0.15, 0.2) is 24.3 Å². The molecule has 0 saturated heterocycles. The van der Waals surface area contributed by atoms with Gasteiger partial charge in [-0.3, -0.25) is 0 Å². The van der Waals surface area contributed by atoms with Crippen LogP contribution in [0.1, 0.15) is 12.5 Å². The molecule has 0 saturated carbocycles. The van der Waals surface area contributed by atoms with Crippen LogP contribution < -0.4 is 4.74 Å². The first-order valence-corrected chi connectivity index (χ1v) is 4.99. The number of alkyl halides is 3. The van der Waals surface area contributed by atoms with Gasteiger partial charge in [0.25, 0.3) is 5.60 Å². The molecule has 0 heterocycles.